The maximum atomic E-state index is 2.60. The number of rotatable bonds is 23. The molecule has 0 fully saturated rings. The third-order valence-corrected chi connectivity index (χ3v) is 27.8. The van der Waals surface area contributed by atoms with Crippen LogP contribution in [-0.2, 0) is 29.2 Å². The Morgan fingerprint density at radius 3 is 1.19 bits per heavy atom. The third-order valence-electron chi connectivity index (χ3n) is 27.8. The lowest BCUT2D eigenvalue weighted by molar-refractivity contribution is 0.436. The molecule has 15 aromatic carbocycles. The van der Waals surface area contributed by atoms with Gasteiger partial charge in [-0.1, -0.05) is 375 Å². The number of benzene rings is 15. The SMILES string of the molecule is CCCCCCCCc1ccc(N(c2ccc(C)cc2)c2ccc(-c3ccc4c(c3)C3(c5ccccc5-c5ccccc53)c3cc(C)ccc3-4)cc2)cc1.CCCCCCn1c2cc(C)ccc2c2ccc(-c3ccc4c(c3)C(CCC)(CCC)c3cc(C)ccc3-4)cc21.Cc1ccc(-c2ccc3c(c2)C(C)(c2ccccc2)c2cc(C)ccc2-3)cc1. The molecular formula is C120H118N2. The third kappa shape index (κ3) is 14.7. The standard InChI is InChI=1S/C53H49N.C39H45N.C28H24/c1-4-5-6-7-8-9-14-39-22-29-43(30-23-39)54(42-27-19-37(2)20-28-42)44-31-24-40(25-32-44)41-26-34-48-47-33-21-38(3)35-51(47)53(52(48)36-41)49-17-12-10-15-45(49)46-16-11-13-18-50(46)53;1-6-9-10-11-22-40-37-24-28(5)13-17-33(37)34-19-15-30(26-38(34)40)29-14-18-32-31-16-12-27(4)23-35(31)39(20-7-2,21-8-3)36(32)25-29;1-19-9-12-21(13-10-19)22-14-16-25-24-15-11-20(2)17-26(24)28(3,27(25)18-22)23-7-5-4-6-8-23/h10-13,15-36H,4-9,14H2,1-3H3;12-19,23-26H,6-11,20-22H2,1-5H3;4-18H,1-3H3. The first-order valence-corrected chi connectivity index (χ1v) is 45.8. The molecular weight excluding hydrogens is 1470 g/mol. The molecule has 608 valence electrons. The second-order valence-corrected chi connectivity index (χ2v) is 36.1. The predicted octanol–water partition coefficient (Wildman–Crippen LogP) is 33.5. The summed E-state index contributed by atoms with van der Waals surface area (Å²) in [5, 5.41) is 2.76. The Balaban J connectivity index is 0.000000132. The topological polar surface area (TPSA) is 8.17 Å². The summed E-state index contributed by atoms with van der Waals surface area (Å²) >= 11 is 0. The number of anilines is 3. The molecule has 1 unspecified atom stereocenters. The average Bonchev–Trinajstić information content (AvgIpc) is 1.51. The Morgan fingerprint density at radius 1 is 0.262 bits per heavy atom. The molecule has 0 N–H and O–H groups in total. The Bertz CT molecular complexity index is 6450. The van der Waals surface area contributed by atoms with E-state index in [2.05, 4.69) is 407 Å². The molecule has 4 aliphatic carbocycles. The molecule has 4 aliphatic rings. The van der Waals surface area contributed by atoms with Crippen molar-refractivity contribution in [2.24, 2.45) is 0 Å². The molecule has 1 heterocycles. The summed E-state index contributed by atoms with van der Waals surface area (Å²) in [6.45, 7) is 25.9. The number of hydrogen-bond acceptors (Lipinski definition) is 1. The van der Waals surface area contributed by atoms with E-state index in [1.165, 1.54) is 279 Å². The van der Waals surface area contributed by atoms with Crippen LogP contribution in [0.5, 0.6) is 0 Å². The molecule has 0 radical (unpaired) electrons. The second-order valence-electron chi connectivity index (χ2n) is 36.1. The van der Waals surface area contributed by atoms with Gasteiger partial charge >= 0.3 is 0 Å². The molecule has 2 heteroatoms. The number of nitrogens with zero attached hydrogens (tertiary/aromatic N) is 2. The highest BCUT2D eigenvalue weighted by atomic mass is 15.1. The van der Waals surface area contributed by atoms with Crippen LogP contribution in [0, 0.1) is 41.5 Å². The van der Waals surface area contributed by atoms with E-state index < -0.39 is 0 Å². The fourth-order valence-corrected chi connectivity index (χ4v) is 21.6. The quantitative estimate of drug-likeness (QED) is 0.0580. The van der Waals surface area contributed by atoms with Gasteiger partial charge in [-0.15, -0.1) is 0 Å². The van der Waals surface area contributed by atoms with Crippen LogP contribution in [0.3, 0.4) is 0 Å². The van der Waals surface area contributed by atoms with Gasteiger partial charge in [0, 0.05) is 56.2 Å². The lowest BCUT2D eigenvalue weighted by Crippen LogP contribution is -2.26. The van der Waals surface area contributed by atoms with Crippen molar-refractivity contribution >= 4 is 38.9 Å². The molecule has 0 bridgehead atoms. The van der Waals surface area contributed by atoms with E-state index in [0.29, 0.717) is 0 Å². The van der Waals surface area contributed by atoms with Crippen LogP contribution in [0.1, 0.15) is 214 Å². The van der Waals surface area contributed by atoms with Gasteiger partial charge in [-0.25, -0.2) is 0 Å². The smallest absolute Gasteiger partial charge is 0.0725 e. The van der Waals surface area contributed by atoms with Crippen LogP contribution < -0.4 is 4.90 Å². The molecule has 0 aliphatic heterocycles. The molecule has 1 spiro atoms. The van der Waals surface area contributed by atoms with Crippen LogP contribution in [-0.4, -0.2) is 4.57 Å². The van der Waals surface area contributed by atoms with Crippen molar-refractivity contribution in [1.82, 2.24) is 4.57 Å². The van der Waals surface area contributed by atoms with Gasteiger partial charge in [-0.05, 0) is 286 Å². The van der Waals surface area contributed by atoms with Crippen LogP contribution in [0.15, 0.2) is 322 Å². The van der Waals surface area contributed by atoms with Crippen molar-refractivity contribution in [3.63, 3.8) is 0 Å². The molecule has 1 atom stereocenters. The lowest BCUT2D eigenvalue weighted by Gasteiger charge is -2.32. The van der Waals surface area contributed by atoms with Gasteiger partial charge in [-0.2, -0.15) is 0 Å². The van der Waals surface area contributed by atoms with E-state index in [1.54, 1.807) is 11.1 Å². The van der Waals surface area contributed by atoms with E-state index in [1.807, 2.05) is 0 Å². The maximum absolute atomic E-state index is 2.60. The first kappa shape index (κ1) is 80.9. The highest BCUT2D eigenvalue weighted by Gasteiger charge is 2.52. The molecule has 20 rings (SSSR count). The van der Waals surface area contributed by atoms with Gasteiger partial charge < -0.3 is 9.47 Å². The van der Waals surface area contributed by atoms with E-state index in [4.69, 9.17) is 0 Å². The highest BCUT2D eigenvalue weighted by Crippen LogP contribution is 2.64. The van der Waals surface area contributed by atoms with Gasteiger partial charge in [-0.3, -0.25) is 0 Å². The fourth-order valence-electron chi connectivity index (χ4n) is 21.6. The summed E-state index contributed by atoms with van der Waals surface area (Å²) in [7, 11) is 0. The van der Waals surface area contributed by atoms with Gasteiger partial charge in [0.25, 0.3) is 0 Å². The zero-order valence-electron chi connectivity index (χ0n) is 73.8. The normalized spacial score (nSPS) is 14.2. The number of fused-ring (bicyclic) bond motifs is 19. The molecule has 0 saturated heterocycles. The van der Waals surface area contributed by atoms with Crippen molar-refractivity contribution < 1.29 is 0 Å². The highest BCUT2D eigenvalue weighted by molar-refractivity contribution is 6.09. The number of hydrogen-bond donors (Lipinski definition) is 0. The summed E-state index contributed by atoms with van der Waals surface area (Å²) in [5.41, 5.74) is 46.7. The second kappa shape index (κ2) is 34.4. The van der Waals surface area contributed by atoms with E-state index in [0.717, 1.165) is 18.7 Å². The zero-order chi connectivity index (χ0) is 83.8. The van der Waals surface area contributed by atoms with Crippen LogP contribution in [0.4, 0.5) is 17.1 Å². The molecule has 1 aromatic heterocycles. The Labute approximate surface area is 727 Å². The molecule has 2 nitrogen and oxygen atoms in total. The van der Waals surface area contributed by atoms with E-state index >= 15 is 0 Å². The molecule has 122 heavy (non-hydrogen) atoms. The fraction of sp³-hybridized carbons (Fsp3) is 0.250. The van der Waals surface area contributed by atoms with Crippen molar-refractivity contribution in [1.29, 1.82) is 0 Å². The minimum atomic E-state index is -0.344. The van der Waals surface area contributed by atoms with Crippen molar-refractivity contribution in [2.75, 3.05) is 4.90 Å². The summed E-state index contributed by atoms with van der Waals surface area (Å²) in [5.74, 6) is 0. The summed E-state index contributed by atoms with van der Waals surface area (Å²) in [6, 6.07) is 122. The summed E-state index contributed by atoms with van der Waals surface area (Å²) in [4.78, 5) is 2.39. The Morgan fingerprint density at radius 2 is 0.615 bits per heavy atom. The average molecular weight is 1590 g/mol. The largest absolute Gasteiger partial charge is 0.340 e. The Hall–Kier alpha value is -12.1. The minimum Gasteiger partial charge on any atom is -0.340 e. The van der Waals surface area contributed by atoms with Gasteiger partial charge in [0.1, 0.15) is 0 Å². The zero-order valence-corrected chi connectivity index (χ0v) is 73.8. The molecule has 0 saturated carbocycles. The first-order chi connectivity index (χ1) is 59.6. The molecule has 0 amide bonds. The van der Waals surface area contributed by atoms with E-state index in [-0.39, 0.29) is 16.2 Å². The maximum Gasteiger partial charge on any atom is 0.0725 e. The number of unbranched alkanes of at least 4 members (excludes halogenated alkanes) is 8. The minimum absolute atomic E-state index is 0.117. The predicted molar refractivity (Wildman–Crippen MR) is 523 cm³/mol. The van der Waals surface area contributed by atoms with Crippen LogP contribution in [0.25, 0.3) is 99.7 Å². The van der Waals surface area contributed by atoms with E-state index in [9.17, 15) is 0 Å². The van der Waals surface area contributed by atoms with Crippen molar-refractivity contribution in [3.05, 3.63) is 411 Å². The van der Waals surface area contributed by atoms with Crippen molar-refractivity contribution in [2.45, 2.75) is 195 Å². The van der Waals surface area contributed by atoms with Crippen LogP contribution >= 0.6 is 0 Å². The summed E-state index contributed by atoms with van der Waals surface area (Å²) < 4.78 is 2.60. The van der Waals surface area contributed by atoms with Gasteiger partial charge in [0.15, 0.2) is 0 Å². The number of aromatic nitrogens is 1. The summed E-state index contributed by atoms with van der Waals surface area (Å²) in [6.07, 6.45) is 19.0. The van der Waals surface area contributed by atoms with Crippen LogP contribution in [0.2, 0.25) is 0 Å². The first-order valence-electron chi connectivity index (χ1n) is 45.8. The Kier molecular flexibility index (Phi) is 22.8. The molecule has 16 aromatic rings. The van der Waals surface area contributed by atoms with Gasteiger partial charge in [0.2, 0.25) is 0 Å². The number of aryl methyl sites for hydroxylation is 8. The van der Waals surface area contributed by atoms with Gasteiger partial charge in [0.05, 0.1) is 5.41 Å². The lowest BCUT2D eigenvalue weighted by atomic mass is 9.70. The monoisotopic (exact) mass is 1590 g/mol. The van der Waals surface area contributed by atoms with Crippen molar-refractivity contribution in [3.8, 4) is 77.9 Å².